The predicted molar refractivity (Wildman–Crippen MR) is 93.9 cm³/mol. The molecular formula is C19H27NS. The minimum atomic E-state index is 0.393. The number of rotatable bonds is 7. The maximum absolute atomic E-state index is 3.65. The molecule has 1 nitrogen and oxygen atoms in total. The summed E-state index contributed by atoms with van der Waals surface area (Å²) >= 11 is 1.86. The fraction of sp³-hybridized carbons (Fsp3) is 0.474. The Morgan fingerprint density at radius 3 is 2.38 bits per heavy atom. The van der Waals surface area contributed by atoms with Crippen molar-refractivity contribution in [2.45, 2.75) is 53.1 Å². The van der Waals surface area contributed by atoms with Crippen molar-refractivity contribution in [1.29, 1.82) is 0 Å². The molecule has 2 heteroatoms. The van der Waals surface area contributed by atoms with E-state index in [1.165, 1.54) is 21.6 Å². The standard InChI is InChI=1S/C19H27NS/c1-5-17-10-11-21-19(17)13-20-15(4)18-8-6-16(7-9-18)12-14(2)3/h6-11,14-15,20H,5,12-13H2,1-4H3. The molecule has 0 aliphatic rings. The first-order chi connectivity index (χ1) is 10.1. The average molecular weight is 301 g/mol. The van der Waals surface area contributed by atoms with E-state index in [4.69, 9.17) is 0 Å². The summed E-state index contributed by atoms with van der Waals surface area (Å²) in [5.41, 5.74) is 4.29. The normalized spacial score (nSPS) is 12.8. The van der Waals surface area contributed by atoms with Gasteiger partial charge in [-0.15, -0.1) is 11.3 Å². The van der Waals surface area contributed by atoms with Crippen LogP contribution in [0.3, 0.4) is 0 Å². The Bertz CT molecular complexity index is 539. The molecule has 114 valence electrons. The van der Waals surface area contributed by atoms with Crippen molar-refractivity contribution >= 4 is 11.3 Å². The van der Waals surface area contributed by atoms with Crippen LogP contribution in [0.15, 0.2) is 35.7 Å². The summed E-state index contributed by atoms with van der Waals surface area (Å²) in [6.07, 6.45) is 2.29. The number of thiophene rings is 1. The predicted octanol–water partition coefficient (Wildman–Crippen LogP) is 5.36. The number of hydrogen-bond donors (Lipinski definition) is 1. The van der Waals surface area contributed by atoms with Gasteiger partial charge in [-0.2, -0.15) is 0 Å². The first-order valence-corrected chi connectivity index (χ1v) is 8.85. The van der Waals surface area contributed by atoms with Crippen molar-refractivity contribution in [3.05, 3.63) is 57.3 Å². The molecule has 0 saturated heterocycles. The molecule has 1 heterocycles. The van der Waals surface area contributed by atoms with E-state index in [0.717, 1.165) is 25.3 Å². The van der Waals surface area contributed by atoms with Gasteiger partial charge in [-0.05, 0) is 53.8 Å². The molecule has 1 unspecified atom stereocenters. The average Bonchev–Trinajstić information content (AvgIpc) is 2.92. The van der Waals surface area contributed by atoms with Gasteiger partial charge < -0.3 is 5.32 Å². The SMILES string of the molecule is CCc1ccsc1CNC(C)c1ccc(CC(C)C)cc1. The molecule has 1 N–H and O–H groups in total. The molecule has 0 saturated carbocycles. The van der Waals surface area contributed by atoms with Gasteiger partial charge in [-0.25, -0.2) is 0 Å². The van der Waals surface area contributed by atoms with Gasteiger partial charge >= 0.3 is 0 Å². The highest BCUT2D eigenvalue weighted by Gasteiger charge is 2.08. The van der Waals surface area contributed by atoms with E-state index in [2.05, 4.69) is 68.7 Å². The lowest BCUT2D eigenvalue weighted by molar-refractivity contribution is 0.576. The van der Waals surface area contributed by atoms with E-state index >= 15 is 0 Å². The molecule has 0 amide bonds. The number of nitrogens with one attached hydrogen (secondary N) is 1. The zero-order chi connectivity index (χ0) is 15.2. The maximum Gasteiger partial charge on any atom is 0.0308 e. The molecule has 0 aliphatic carbocycles. The van der Waals surface area contributed by atoms with Crippen LogP contribution in [0.4, 0.5) is 0 Å². The Morgan fingerprint density at radius 2 is 1.76 bits per heavy atom. The quantitative estimate of drug-likeness (QED) is 0.726. The van der Waals surface area contributed by atoms with Crippen LogP contribution < -0.4 is 5.32 Å². The van der Waals surface area contributed by atoms with Gasteiger partial charge in [-0.3, -0.25) is 0 Å². The Labute approximate surface area is 133 Å². The van der Waals surface area contributed by atoms with Gasteiger partial charge in [0.2, 0.25) is 0 Å². The van der Waals surface area contributed by atoms with E-state index in [1.54, 1.807) is 0 Å². The molecule has 1 atom stereocenters. The molecule has 0 spiro atoms. The van der Waals surface area contributed by atoms with E-state index in [-0.39, 0.29) is 0 Å². The van der Waals surface area contributed by atoms with Crippen molar-refractivity contribution in [3.63, 3.8) is 0 Å². The third-order valence-corrected chi connectivity index (χ3v) is 4.87. The van der Waals surface area contributed by atoms with Crippen LogP contribution in [0.1, 0.15) is 55.3 Å². The summed E-state index contributed by atoms with van der Waals surface area (Å²) in [5, 5.41) is 5.84. The van der Waals surface area contributed by atoms with Gasteiger partial charge in [0.25, 0.3) is 0 Å². The maximum atomic E-state index is 3.65. The monoisotopic (exact) mass is 301 g/mol. The number of hydrogen-bond acceptors (Lipinski definition) is 2. The van der Waals surface area contributed by atoms with Crippen LogP contribution in [0.2, 0.25) is 0 Å². The van der Waals surface area contributed by atoms with Gasteiger partial charge in [-0.1, -0.05) is 45.0 Å². The van der Waals surface area contributed by atoms with Gasteiger partial charge in [0.1, 0.15) is 0 Å². The highest BCUT2D eigenvalue weighted by molar-refractivity contribution is 7.10. The Morgan fingerprint density at radius 1 is 1.05 bits per heavy atom. The largest absolute Gasteiger partial charge is 0.305 e. The third-order valence-electron chi connectivity index (χ3n) is 3.91. The molecule has 1 aromatic heterocycles. The van der Waals surface area contributed by atoms with Crippen LogP contribution in [0.25, 0.3) is 0 Å². The van der Waals surface area contributed by atoms with E-state index < -0.39 is 0 Å². The van der Waals surface area contributed by atoms with E-state index in [9.17, 15) is 0 Å². The van der Waals surface area contributed by atoms with Gasteiger partial charge in [0.05, 0.1) is 0 Å². The molecule has 1 aromatic carbocycles. The van der Waals surface area contributed by atoms with Crippen LogP contribution in [0, 0.1) is 5.92 Å². The number of aryl methyl sites for hydroxylation is 1. The highest BCUT2D eigenvalue weighted by Crippen LogP contribution is 2.20. The third kappa shape index (κ3) is 4.69. The summed E-state index contributed by atoms with van der Waals surface area (Å²) in [6.45, 7) is 9.98. The minimum Gasteiger partial charge on any atom is -0.305 e. The first-order valence-electron chi connectivity index (χ1n) is 7.97. The van der Waals surface area contributed by atoms with Gasteiger partial charge in [0, 0.05) is 17.5 Å². The summed E-state index contributed by atoms with van der Waals surface area (Å²) in [6, 6.07) is 11.7. The van der Waals surface area contributed by atoms with Crippen LogP contribution in [0.5, 0.6) is 0 Å². The van der Waals surface area contributed by atoms with Crippen molar-refractivity contribution in [2.24, 2.45) is 5.92 Å². The van der Waals surface area contributed by atoms with E-state index in [1.807, 2.05) is 11.3 Å². The molecule has 0 fully saturated rings. The van der Waals surface area contributed by atoms with Crippen molar-refractivity contribution in [2.75, 3.05) is 0 Å². The summed E-state index contributed by atoms with van der Waals surface area (Å²) in [5.74, 6) is 0.720. The fourth-order valence-corrected chi connectivity index (χ4v) is 3.54. The minimum absolute atomic E-state index is 0.393. The second-order valence-electron chi connectivity index (χ2n) is 6.16. The molecule has 21 heavy (non-hydrogen) atoms. The van der Waals surface area contributed by atoms with E-state index in [0.29, 0.717) is 6.04 Å². The molecule has 0 radical (unpaired) electrons. The van der Waals surface area contributed by atoms with Crippen molar-refractivity contribution in [3.8, 4) is 0 Å². The smallest absolute Gasteiger partial charge is 0.0308 e. The Hall–Kier alpha value is -1.12. The lowest BCUT2D eigenvalue weighted by Crippen LogP contribution is -2.18. The highest BCUT2D eigenvalue weighted by atomic mass is 32.1. The summed E-state index contributed by atoms with van der Waals surface area (Å²) in [4.78, 5) is 1.47. The Kier molecular flexibility index (Phi) is 6.01. The fourth-order valence-electron chi connectivity index (χ4n) is 2.61. The Balaban J connectivity index is 1.92. The van der Waals surface area contributed by atoms with Crippen LogP contribution >= 0.6 is 11.3 Å². The molecule has 2 aromatic rings. The van der Waals surface area contributed by atoms with Crippen LogP contribution in [-0.2, 0) is 19.4 Å². The zero-order valence-electron chi connectivity index (χ0n) is 13.6. The van der Waals surface area contributed by atoms with Gasteiger partial charge in [0.15, 0.2) is 0 Å². The first kappa shape index (κ1) is 16.3. The second-order valence-corrected chi connectivity index (χ2v) is 7.17. The molecular weight excluding hydrogens is 274 g/mol. The van der Waals surface area contributed by atoms with Crippen LogP contribution in [-0.4, -0.2) is 0 Å². The molecule has 0 aliphatic heterocycles. The van der Waals surface area contributed by atoms with Crippen molar-refractivity contribution in [1.82, 2.24) is 5.32 Å². The van der Waals surface area contributed by atoms with Crippen molar-refractivity contribution < 1.29 is 0 Å². The molecule has 0 bridgehead atoms. The lowest BCUT2D eigenvalue weighted by atomic mass is 10.00. The molecule has 2 rings (SSSR count). The lowest BCUT2D eigenvalue weighted by Gasteiger charge is -2.15. The number of benzene rings is 1. The zero-order valence-corrected chi connectivity index (χ0v) is 14.5. The topological polar surface area (TPSA) is 12.0 Å². The second kappa shape index (κ2) is 7.77. The summed E-state index contributed by atoms with van der Waals surface area (Å²) in [7, 11) is 0. The summed E-state index contributed by atoms with van der Waals surface area (Å²) < 4.78 is 0.